The van der Waals surface area contributed by atoms with Crippen LogP contribution in [-0.4, -0.2) is 42.3 Å². The quantitative estimate of drug-likeness (QED) is 0.853. The number of aliphatic hydroxyl groups excluding tert-OH is 1. The maximum absolute atomic E-state index is 11.9. The molecule has 0 radical (unpaired) electrons. The van der Waals surface area contributed by atoms with Gasteiger partial charge in [-0.05, 0) is 46.9 Å². The number of hydrogen-bond donors (Lipinski definition) is 1. The van der Waals surface area contributed by atoms with E-state index in [-0.39, 0.29) is 12.6 Å². The summed E-state index contributed by atoms with van der Waals surface area (Å²) in [6, 6.07) is 7.84. The molecule has 0 saturated carbocycles. The highest BCUT2D eigenvalue weighted by molar-refractivity contribution is 14.1. The Kier molecular flexibility index (Phi) is 3.65. The van der Waals surface area contributed by atoms with E-state index in [4.69, 9.17) is 5.11 Å². The van der Waals surface area contributed by atoms with Crippen LogP contribution in [0.15, 0.2) is 24.3 Å². The number of halogens is 1. The van der Waals surface area contributed by atoms with E-state index >= 15 is 0 Å². The lowest BCUT2D eigenvalue weighted by atomic mass is 10.3. The molecule has 1 aromatic carbocycles. The minimum Gasteiger partial charge on any atom is -0.395 e. The molecule has 86 valence electrons. The van der Waals surface area contributed by atoms with Gasteiger partial charge in [-0.1, -0.05) is 0 Å². The van der Waals surface area contributed by atoms with Crippen molar-refractivity contribution in [3.05, 3.63) is 27.8 Å². The van der Waals surface area contributed by atoms with Crippen LogP contribution in [0.5, 0.6) is 0 Å². The number of benzene rings is 1. The zero-order chi connectivity index (χ0) is 11.5. The molecule has 1 aliphatic heterocycles. The van der Waals surface area contributed by atoms with Gasteiger partial charge >= 0.3 is 6.03 Å². The molecule has 0 unspecified atom stereocenters. The van der Waals surface area contributed by atoms with Gasteiger partial charge in [0.2, 0.25) is 0 Å². The number of nitrogens with zero attached hydrogens (tertiary/aromatic N) is 2. The maximum Gasteiger partial charge on any atom is 0.324 e. The normalized spacial score (nSPS) is 16.0. The van der Waals surface area contributed by atoms with Crippen molar-refractivity contribution in [2.75, 3.05) is 31.1 Å². The average Bonchev–Trinajstić information content (AvgIpc) is 2.63. The van der Waals surface area contributed by atoms with Crippen molar-refractivity contribution >= 4 is 34.3 Å². The molecule has 1 saturated heterocycles. The van der Waals surface area contributed by atoms with E-state index in [1.54, 1.807) is 9.80 Å². The van der Waals surface area contributed by atoms with Crippen LogP contribution in [0.25, 0.3) is 0 Å². The molecule has 0 bridgehead atoms. The number of aliphatic hydroxyl groups is 1. The highest BCUT2D eigenvalue weighted by Crippen LogP contribution is 2.21. The van der Waals surface area contributed by atoms with Crippen LogP contribution in [0.1, 0.15) is 0 Å². The Labute approximate surface area is 108 Å². The molecule has 5 heteroatoms. The standard InChI is InChI=1S/C11H13IN2O2/c12-9-1-3-10(4-2-9)14-6-5-13(7-8-15)11(14)16/h1-4,15H,5-8H2. The number of β-amino-alcohol motifs (C(OH)–C–C–N with tert-alkyl or cyclic N) is 1. The van der Waals surface area contributed by atoms with Crippen molar-refractivity contribution in [3.63, 3.8) is 0 Å². The monoisotopic (exact) mass is 332 g/mol. The SMILES string of the molecule is O=C1N(CCO)CCN1c1ccc(I)cc1. The number of rotatable bonds is 3. The van der Waals surface area contributed by atoms with E-state index < -0.39 is 0 Å². The minimum atomic E-state index is -0.0183. The first-order chi connectivity index (χ1) is 7.72. The molecule has 1 heterocycles. The van der Waals surface area contributed by atoms with Crippen LogP contribution < -0.4 is 4.90 Å². The summed E-state index contributed by atoms with van der Waals surface area (Å²) in [5.74, 6) is 0. The van der Waals surface area contributed by atoms with E-state index in [2.05, 4.69) is 22.6 Å². The van der Waals surface area contributed by atoms with Gasteiger partial charge in [-0.25, -0.2) is 4.79 Å². The molecule has 0 spiro atoms. The number of anilines is 1. The third kappa shape index (κ3) is 2.30. The first-order valence-corrected chi connectivity index (χ1v) is 6.23. The van der Waals surface area contributed by atoms with Crippen LogP contribution >= 0.6 is 22.6 Å². The number of urea groups is 1. The largest absolute Gasteiger partial charge is 0.395 e. The van der Waals surface area contributed by atoms with Crippen LogP contribution in [0.2, 0.25) is 0 Å². The fraction of sp³-hybridized carbons (Fsp3) is 0.364. The average molecular weight is 332 g/mol. The Morgan fingerprint density at radius 2 is 1.94 bits per heavy atom. The molecule has 4 nitrogen and oxygen atoms in total. The Morgan fingerprint density at radius 1 is 1.25 bits per heavy atom. The predicted octanol–water partition coefficient (Wildman–Crippen LogP) is 1.53. The van der Waals surface area contributed by atoms with E-state index in [1.807, 2.05) is 24.3 Å². The summed E-state index contributed by atoms with van der Waals surface area (Å²) in [4.78, 5) is 15.3. The van der Waals surface area contributed by atoms with Gasteiger partial charge in [-0.3, -0.25) is 4.90 Å². The van der Waals surface area contributed by atoms with Crippen LogP contribution in [-0.2, 0) is 0 Å². The second-order valence-corrected chi connectivity index (χ2v) is 4.87. The summed E-state index contributed by atoms with van der Waals surface area (Å²) in [5, 5.41) is 8.82. The van der Waals surface area contributed by atoms with Gasteiger partial charge < -0.3 is 10.0 Å². The van der Waals surface area contributed by atoms with Gasteiger partial charge in [-0.2, -0.15) is 0 Å². The summed E-state index contributed by atoms with van der Waals surface area (Å²) in [6.07, 6.45) is 0. The fourth-order valence-corrected chi connectivity index (χ4v) is 2.13. The maximum atomic E-state index is 11.9. The third-order valence-corrected chi connectivity index (χ3v) is 3.32. The molecule has 1 aliphatic rings. The van der Waals surface area contributed by atoms with Gasteiger partial charge in [0.05, 0.1) is 6.61 Å². The van der Waals surface area contributed by atoms with Crippen LogP contribution in [0.4, 0.5) is 10.5 Å². The Bertz CT molecular complexity index is 380. The smallest absolute Gasteiger partial charge is 0.324 e. The number of carbonyl (C=O) groups excluding carboxylic acids is 1. The van der Waals surface area contributed by atoms with Crippen molar-refractivity contribution in [2.45, 2.75) is 0 Å². The predicted molar refractivity (Wildman–Crippen MR) is 70.6 cm³/mol. The van der Waals surface area contributed by atoms with E-state index in [9.17, 15) is 4.79 Å². The molecular weight excluding hydrogens is 319 g/mol. The van der Waals surface area contributed by atoms with Gasteiger partial charge in [0.25, 0.3) is 0 Å². The molecule has 0 aromatic heterocycles. The fourth-order valence-electron chi connectivity index (χ4n) is 1.77. The van der Waals surface area contributed by atoms with Gasteiger partial charge in [0.1, 0.15) is 0 Å². The van der Waals surface area contributed by atoms with Gasteiger partial charge in [-0.15, -0.1) is 0 Å². The zero-order valence-corrected chi connectivity index (χ0v) is 10.9. The van der Waals surface area contributed by atoms with Gasteiger partial charge in [0.15, 0.2) is 0 Å². The lowest BCUT2D eigenvalue weighted by Crippen LogP contribution is -2.33. The summed E-state index contributed by atoms with van der Waals surface area (Å²) >= 11 is 2.24. The van der Waals surface area contributed by atoms with Crippen molar-refractivity contribution in [1.82, 2.24) is 4.90 Å². The van der Waals surface area contributed by atoms with Crippen molar-refractivity contribution in [3.8, 4) is 0 Å². The summed E-state index contributed by atoms with van der Waals surface area (Å²) in [6.45, 7) is 1.82. The van der Waals surface area contributed by atoms with Gasteiger partial charge in [0, 0.05) is 28.9 Å². The topological polar surface area (TPSA) is 43.8 Å². The number of carbonyl (C=O) groups is 1. The summed E-state index contributed by atoms with van der Waals surface area (Å²) in [7, 11) is 0. The van der Waals surface area contributed by atoms with E-state index in [0.29, 0.717) is 19.6 Å². The molecule has 0 atom stereocenters. The molecule has 2 rings (SSSR count). The molecule has 1 N–H and O–H groups in total. The lowest BCUT2D eigenvalue weighted by Gasteiger charge is -2.17. The third-order valence-electron chi connectivity index (χ3n) is 2.60. The Balaban J connectivity index is 2.12. The number of amides is 2. The Hall–Kier alpha value is -0.820. The minimum absolute atomic E-state index is 0.0183. The lowest BCUT2D eigenvalue weighted by molar-refractivity contribution is 0.199. The van der Waals surface area contributed by atoms with Crippen molar-refractivity contribution in [2.24, 2.45) is 0 Å². The summed E-state index contributed by atoms with van der Waals surface area (Å²) < 4.78 is 1.15. The second kappa shape index (κ2) is 5.01. The van der Waals surface area contributed by atoms with Crippen LogP contribution in [0.3, 0.4) is 0 Å². The first-order valence-electron chi connectivity index (χ1n) is 5.15. The van der Waals surface area contributed by atoms with E-state index in [1.165, 1.54) is 0 Å². The molecular formula is C11H13IN2O2. The zero-order valence-electron chi connectivity index (χ0n) is 8.77. The molecule has 0 aliphatic carbocycles. The molecule has 2 amide bonds. The molecule has 1 aromatic rings. The highest BCUT2D eigenvalue weighted by atomic mass is 127. The number of hydrogen-bond acceptors (Lipinski definition) is 2. The van der Waals surface area contributed by atoms with Crippen molar-refractivity contribution in [1.29, 1.82) is 0 Å². The van der Waals surface area contributed by atoms with Crippen LogP contribution in [0, 0.1) is 3.57 Å². The summed E-state index contributed by atoms with van der Waals surface area (Å²) in [5.41, 5.74) is 0.922. The molecule has 1 fully saturated rings. The second-order valence-electron chi connectivity index (χ2n) is 3.62. The van der Waals surface area contributed by atoms with E-state index in [0.717, 1.165) is 9.26 Å². The first kappa shape index (κ1) is 11.7. The molecule has 16 heavy (non-hydrogen) atoms. The Morgan fingerprint density at radius 3 is 2.56 bits per heavy atom. The van der Waals surface area contributed by atoms with Crippen molar-refractivity contribution < 1.29 is 9.90 Å². The highest BCUT2D eigenvalue weighted by Gasteiger charge is 2.28.